The van der Waals surface area contributed by atoms with E-state index in [1.54, 1.807) is 11.8 Å². The molecule has 0 spiro atoms. The Balaban J connectivity index is 1.34. The van der Waals surface area contributed by atoms with Crippen molar-refractivity contribution in [3.05, 3.63) is 48.3 Å². The standard InChI is InChI=1S/C19H21N3O2S/c23-19-13-25-18-12-15(3-4-16(18)21-19)24-11-10-22-9-1-2-17(22)14-5-7-20-8-6-14/h3-8,12,17H,1-2,9-11,13H2,(H,21,23). The molecule has 130 valence electrons. The average Bonchev–Trinajstić information content (AvgIpc) is 3.11. The Morgan fingerprint density at radius 3 is 3.04 bits per heavy atom. The summed E-state index contributed by atoms with van der Waals surface area (Å²) >= 11 is 1.56. The number of carbonyl (C=O) groups excluding carboxylic acids is 1. The second-order valence-corrected chi connectivity index (χ2v) is 7.33. The minimum absolute atomic E-state index is 0.0577. The molecule has 1 fully saturated rings. The molecular weight excluding hydrogens is 334 g/mol. The Morgan fingerprint density at radius 2 is 2.16 bits per heavy atom. The predicted molar refractivity (Wildman–Crippen MR) is 99.1 cm³/mol. The molecule has 1 amide bonds. The lowest BCUT2D eigenvalue weighted by atomic mass is 10.1. The van der Waals surface area contributed by atoms with Gasteiger partial charge in [0.05, 0.1) is 11.4 Å². The highest BCUT2D eigenvalue weighted by molar-refractivity contribution is 8.00. The third-order valence-electron chi connectivity index (χ3n) is 4.69. The van der Waals surface area contributed by atoms with E-state index in [4.69, 9.17) is 4.74 Å². The third-order valence-corrected chi connectivity index (χ3v) is 5.74. The number of fused-ring (bicyclic) bond motifs is 1. The number of pyridine rings is 1. The number of rotatable bonds is 5. The topological polar surface area (TPSA) is 54.5 Å². The van der Waals surface area contributed by atoms with Crippen molar-refractivity contribution < 1.29 is 9.53 Å². The number of benzene rings is 1. The summed E-state index contributed by atoms with van der Waals surface area (Å²) in [5.74, 6) is 1.39. The van der Waals surface area contributed by atoms with E-state index in [2.05, 4.69) is 27.3 Å². The summed E-state index contributed by atoms with van der Waals surface area (Å²) in [5.41, 5.74) is 2.22. The number of thioether (sulfide) groups is 1. The molecule has 1 atom stereocenters. The summed E-state index contributed by atoms with van der Waals surface area (Å²) in [4.78, 5) is 19.1. The fraction of sp³-hybridized carbons (Fsp3) is 0.368. The van der Waals surface area contributed by atoms with Crippen molar-refractivity contribution in [1.29, 1.82) is 0 Å². The van der Waals surface area contributed by atoms with Crippen molar-refractivity contribution in [2.45, 2.75) is 23.8 Å². The highest BCUT2D eigenvalue weighted by Gasteiger charge is 2.25. The summed E-state index contributed by atoms with van der Waals surface area (Å²) < 4.78 is 5.97. The molecule has 1 N–H and O–H groups in total. The van der Waals surface area contributed by atoms with Crippen LogP contribution in [-0.4, -0.2) is 41.2 Å². The first-order chi connectivity index (χ1) is 12.3. The van der Waals surface area contributed by atoms with Gasteiger partial charge in [0, 0.05) is 29.9 Å². The molecule has 1 aromatic carbocycles. The number of hydrogen-bond acceptors (Lipinski definition) is 5. The number of hydrogen-bond donors (Lipinski definition) is 1. The first kappa shape index (κ1) is 16.4. The minimum Gasteiger partial charge on any atom is -0.492 e. The van der Waals surface area contributed by atoms with Gasteiger partial charge < -0.3 is 10.1 Å². The van der Waals surface area contributed by atoms with Crippen LogP contribution >= 0.6 is 11.8 Å². The lowest BCUT2D eigenvalue weighted by Gasteiger charge is -2.25. The lowest BCUT2D eigenvalue weighted by molar-refractivity contribution is -0.113. The fourth-order valence-corrected chi connectivity index (χ4v) is 4.32. The number of amides is 1. The van der Waals surface area contributed by atoms with Crippen LogP contribution in [0.4, 0.5) is 5.69 Å². The largest absolute Gasteiger partial charge is 0.492 e. The van der Waals surface area contributed by atoms with E-state index < -0.39 is 0 Å². The lowest BCUT2D eigenvalue weighted by Crippen LogP contribution is -2.28. The van der Waals surface area contributed by atoms with Gasteiger partial charge in [-0.25, -0.2) is 0 Å². The summed E-state index contributed by atoms with van der Waals surface area (Å²) in [6, 6.07) is 10.6. The molecule has 1 unspecified atom stereocenters. The van der Waals surface area contributed by atoms with Crippen molar-refractivity contribution in [3.8, 4) is 5.75 Å². The zero-order valence-corrected chi connectivity index (χ0v) is 14.8. The molecule has 0 saturated carbocycles. The SMILES string of the molecule is O=C1CSc2cc(OCCN3CCCC3c3ccncc3)ccc2N1. The van der Waals surface area contributed by atoms with Crippen LogP contribution in [0.5, 0.6) is 5.75 Å². The molecule has 2 aromatic rings. The number of aromatic nitrogens is 1. The highest BCUT2D eigenvalue weighted by atomic mass is 32.2. The van der Waals surface area contributed by atoms with Crippen LogP contribution in [-0.2, 0) is 4.79 Å². The van der Waals surface area contributed by atoms with Crippen molar-refractivity contribution >= 4 is 23.4 Å². The van der Waals surface area contributed by atoms with Crippen LogP contribution in [0.1, 0.15) is 24.4 Å². The Morgan fingerprint density at radius 1 is 1.28 bits per heavy atom. The van der Waals surface area contributed by atoms with Gasteiger partial charge in [0.25, 0.3) is 0 Å². The molecule has 4 rings (SSSR count). The zero-order chi connectivity index (χ0) is 17.1. The summed E-state index contributed by atoms with van der Waals surface area (Å²) in [6.45, 7) is 2.69. The van der Waals surface area contributed by atoms with E-state index in [0.29, 0.717) is 18.4 Å². The first-order valence-electron chi connectivity index (χ1n) is 8.63. The molecule has 0 bridgehead atoms. The molecule has 0 aliphatic carbocycles. The smallest absolute Gasteiger partial charge is 0.234 e. The van der Waals surface area contributed by atoms with Gasteiger partial charge in [-0.2, -0.15) is 0 Å². The van der Waals surface area contributed by atoms with E-state index in [9.17, 15) is 4.79 Å². The van der Waals surface area contributed by atoms with Crippen molar-refractivity contribution in [2.75, 3.05) is 30.8 Å². The number of carbonyl (C=O) groups is 1. The number of nitrogens with one attached hydrogen (secondary N) is 1. The monoisotopic (exact) mass is 355 g/mol. The van der Waals surface area contributed by atoms with Crippen molar-refractivity contribution in [2.24, 2.45) is 0 Å². The molecule has 5 nitrogen and oxygen atoms in total. The molecule has 1 aromatic heterocycles. The number of ether oxygens (including phenoxy) is 1. The van der Waals surface area contributed by atoms with E-state index in [1.807, 2.05) is 30.6 Å². The zero-order valence-electron chi connectivity index (χ0n) is 14.0. The van der Waals surface area contributed by atoms with Crippen LogP contribution in [0.15, 0.2) is 47.6 Å². The van der Waals surface area contributed by atoms with Gasteiger partial charge in [-0.15, -0.1) is 11.8 Å². The molecule has 1 saturated heterocycles. The molecule has 25 heavy (non-hydrogen) atoms. The Labute approximate surface area is 151 Å². The van der Waals surface area contributed by atoms with Crippen molar-refractivity contribution in [1.82, 2.24) is 9.88 Å². The first-order valence-corrected chi connectivity index (χ1v) is 9.61. The van der Waals surface area contributed by atoms with Crippen LogP contribution in [0.25, 0.3) is 0 Å². The van der Waals surface area contributed by atoms with Crippen LogP contribution in [0, 0.1) is 0 Å². The van der Waals surface area contributed by atoms with Gasteiger partial charge in [-0.3, -0.25) is 14.7 Å². The van der Waals surface area contributed by atoms with E-state index in [-0.39, 0.29) is 5.91 Å². The quantitative estimate of drug-likeness (QED) is 0.891. The predicted octanol–water partition coefficient (Wildman–Crippen LogP) is 3.34. The number of anilines is 1. The Hall–Kier alpha value is -2.05. The van der Waals surface area contributed by atoms with Crippen LogP contribution < -0.4 is 10.1 Å². The molecule has 0 radical (unpaired) electrons. The third kappa shape index (κ3) is 3.80. The van der Waals surface area contributed by atoms with E-state index in [0.717, 1.165) is 29.4 Å². The van der Waals surface area contributed by atoms with Crippen molar-refractivity contribution in [3.63, 3.8) is 0 Å². The van der Waals surface area contributed by atoms with E-state index in [1.165, 1.54) is 18.4 Å². The van der Waals surface area contributed by atoms with Gasteiger partial charge >= 0.3 is 0 Å². The molecule has 6 heteroatoms. The van der Waals surface area contributed by atoms with Gasteiger partial charge in [-0.1, -0.05) is 0 Å². The van der Waals surface area contributed by atoms with Gasteiger partial charge in [0.2, 0.25) is 5.91 Å². The normalized spacial score (nSPS) is 20.2. The maximum Gasteiger partial charge on any atom is 0.234 e. The molecular formula is C19H21N3O2S. The highest BCUT2D eigenvalue weighted by Crippen LogP contribution is 2.34. The summed E-state index contributed by atoms with van der Waals surface area (Å²) in [7, 11) is 0. The maximum absolute atomic E-state index is 11.4. The van der Waals surface area contributed by atoms with Crippen LogP contribution in [0.2, 0.25) is 0 Å². The number of nitrogens with zero attached hydrogens (tertiary/aromatic N) is 2. The molecule has 3 heterocycles. The molecule has 2 aliphatic heterocycles. The molecule has 2 aliphatic rings. The van der Waals surface area contributed by atoms with Gasteiger partial charge in [-0.05, 0) is 55.3 Å². The van der Waals surface area contributed by atoms with Crippen LogP contribution in [0.3, 0.4) is 0 Å². The maximum atomic E-state index is 11.4. The summed E-state index contributed by atoms with van der Waals surface area (Å²) in [5, 5.41) is 2.88. The summed E-state index contributed by atoms with van der Waals surface area (Å²) in [6.07, 6.45) is 6.15. The van der Waals surface area contributed by atoms with Gasteiger partial charge in [0.15, 0.2) is 0 Å². The fourth-order valence-electron chi connectivity index (χ4n) is 3.48. The minimum atomic E-state index is 0.0577. The number of likely N-dealkylation sites (tertiary alicyclic amines) is 1. The van der Waals surface area contributed by atoms with Gasteiger partial charge in [0.1, 0.15) is 12.4 Å². The second kappa shape index (κ2) is 7.45. The average molecular weight is 355 g/mol. The Kier molecular flexibility index (Phi) is 4.90. The Bertz CT molecular complexity index is 754. The second-order valence-electron chi connectivity index (χ2n) is 6.32. The van der Waals surface area contributed by atoms with E-state index >= 15 is 0 Å².